The van der Waals surface area contributed by atoms with Crippen molar-refractivity contribution in [2.24, 2.45) is 0 Å². The molecule has 2 saturated heterocycles. The van der Waals surface area contributed by atoms with Crippen molar-refractivity contribution in [1.29, 1.82) is 0 Å². The molecule has 0 aliphatic carbocycles. The number of para-hydroxylation sites is 1. The zero-order valence-corrected chi connectivity index (χ0v) is 16.6. The summed E-state index contributed by atoms with van der Waals surface area (Å²) in [5.74, 6) is -0.242. The summed E-state index contributed by atoms with van der Waals surface area (Å²) >= 11 is 1.10. The lowest BCUT2D eigenvalue weighted by atomic mass is 9.95. The van der Waals surface area contributed by atoms with E-state index in [-0.39, 0.29) is 29.2 Å². The monoisotopic (exact) mass is 445 g/mol. The molecule has 3 atom stereocenters. The number of nitrogens with one attached hydrogen (secondary N) is 3. The van der Waals surface area contributed by atoms with Crippen LogP contribution in [0.2, 0.25) is 0 Å². The number of carbonyl (C=O) groups is 1. The first-order chi connectivity index (χ1) is 13.6. The number of rotatable bonds is 5. The van der Waals surface area contributed by atoms with Crippen LogP contribution in [0.1, 0.15) is 28.9 Å². The van der Waals surface area contributed by atoms with E-state index in [1.54, 1.807) is 22.9 Å². The second kappa shape index (κ2) is 7.29. The predicted octanol–water partition coefficient (Wildman–Crippen LogP) is 3.30. The minimum Gasteiger partial charge on any atom is -0.347 e. The van der Waals surface area contributed by atoms with Gasteiger partial charge in [0.05, 0.1) is 10.6 Å². The number of thiophene rings is 1. The van der Waals surface area contributed by atoms with Gasteiger partial charge in [0, 0.05) is 28.6 Å². The number of anilines is 1. The van der Waals surface area contributed by atoms with Gasteiger partial charge in [-0.3, -0.25) is 9.52 Å². The van der Waals surface area contributed by atoms with Crippen molar-refractivity contribution in [3.05, 3.63) is 41.3 Å². The van der Waals surface area contributed by atoms with Gasteiger partial charge in [-0.25, -0.2) is 0 Å². The number of benzene rings is 1. The minimum absolute atomic E-state index is 0.0673. The zero-order valence-electron chi connectivity index (χ0n) is 15.0. The van der Waals surface area contributed by atoms with Crippen LogP contribution in [0.25, 0.3) is 10.4 Å². The van der Waals surface area contributed by atoms with Crippen molar-refractivity contribution in [2.75, 3.05) is 4.72 Å². The van der Waals surface area contributed by atoms with Gasteiger partial charge >= 0.3 is 15.5 Å². The maximum Gasteiger partial charge on any atom is 0.516 e. The van der Waals surface area contributed by atoms with Crippen LogP contribution in [-0.2, 0) is 10.0 Å². The molecule has 2 aliphatic heterocycles. The Balaban J connectivity index is 1.53. The molecule has 4 rings (SSSR count). The Hall–Kier alpha value is -2.11. The first kappa shape index (κ1) is 20.2. The Bertz CT molecular complexity index is 1040. The van der Waals surface area contributed by atoms with E-state index in [4.69, 9.17) is 0 Å². The highest BCUT2D eigenvalue weighted by atomic mass is 32.2. The molecular weight excluding hydrogens is 427 g/mol. The predicted molar refractivity (Wildman–Crippen MR) is 104 cm³/mol. The van der Waals surface area contributed by atoms with E-state index in [9.17, 15) is 26.4 Å². The van der Waals surface area contributed by atoms with Gasteiger partial charge in [0.25, 0.3) is 5.91 Å². The van der Waals surface area contributed by atoms with Crippen molar-refractivity contribution in [3.8, 4) is 10.4 Å². The number of hydrogen-bond donors (Lipinski definition) is 3. The summed E-state index contributed by atoms with van der Waals surface area (Å²) in [7, 11) is -5.54. The molecule has 3 heterocycles. The molecule has 1 aromatic heterocycles. The van der Waals surface area contributed by atoms with E-state index in [1.165, 1.54) is 18.2 Å². The zero-order chi connectivity index (χ0) is 20.8. The molecule has 29 heavy (non-hydrogen) atoms. The fourth-order valence-electron chi connectivity index (χ4n) is 3.82. The van der Waals surface area contributed by atoms with Crippen LogP contribution < -0.4 is 15.4 Å². The van der Waals surface area contributed by atoms with Crippen molar-refractivity contribution in [3.63, 3.8) is 0 Å². The van der Waals surface area contributed by atoms with Crippen LogP contribution in [-0.4, -0.2) is 38.0 Å². The molecule has 0 radical (unpaired) electrons. The maximum absolute atomic E-state index is 12.7. The van der Waals surface area contributed by atoms with Crippen molar-refractivity contribution in [1.82, 2.24) is 10.6 Å². The average Bonchev–Trinajstić information content (AvgIpc) is 3.37. The molecular formula is C18H18F3N3O3S2. The van der Waals surface area contributed by atoms with E-state index in [2.05, 4.69) is 10.6 Å². The van der Waals surface area contributed by atoms with Crippen LogP contribution in [0.3, 0.4) is 0 Å². The SMILES string of the molecule is O=C(N[C@@H]1C[C@@H]2CC[C@@H]1N2)c1ccc(-c2ccccc2NS(=O)(=O)C(F)(F)F)s1. The summed E-state index contributed by atoms with van der Waals surface area (Å²) in [5, 5.41) is 6.45. The standard InChI is InChI=1S/C18H18F3N3O3S2/c19-18(20,21)29(26,27)24-12-4-2-1-3-11(12)15-7-8-16(28-15)17(25)23-14-9-10-5-6-13(14)22-10/h1-4,7-8,10,13-14,22,24H,5-6,9H2,(H,23,25)/t10-,13-,14+/m0/s1. The van der Waals surface area contributed by atoms with Gasteiger partial charge in [-0.2, -0.15) is 21.6 Å². The van der Waals surface area contributed by atoms with Crippen LogP contribution in [0, 0.1) is 0 Å². The van der Waals surface area contributed by atoms with Crippen LogP contribution in [0.4, 0.5) is 18.9 Å². The van der Waals surface area contributed by atoms with E-state index < -0.39 is 15.5 Å². The molecule has 0 spiro atoms. The minimum atomic E-state index is -5.54. The summed E-state index contributed by atoms with van der Waals surface area (Å²) in [6, 6.07) is 9.74. The molecule has 0 saturated carbocycles. The smallest absolute Gasteiger partial charge is 0.347 e. The Labute approximate surface area is 169 Å². The molecule has 1 aromatic carbocycles. The van der Waals surface area contributed by atoms with Crippen LogP contribution in [0.5, 0.6) is 0 Å². The summed E-state index contributed by atoms with van der Waals surface area (Å²) in [6.45, 7) is 0. The van der Waals surface area contributed by atoms with Gasteiger partial charge in [-0.05, 0) is 37.5 Å². The third kappa shape index (κ3) is 3.99. The highest BCUT2D eigenvalue weighted by molar-refractivity contribution is 7.93. The lowest BCUT2D eigenvalue weighted by Gasteiger charge is -2.21. The van der Waals surface area contributed by atoms with Crippen LogP contribution >= 0.6 is 11.3 Å². The highest BCUT2D eigenvalue weighted by Crippen LogP contribution is 2.36. The quantitative estimate of drug-likeness (QED) is 0.659. The third-order valence-corrected chi connectivity index (χ3v) is 7.40. The summed E-state index contributed by atoms with van der Waals surface area (Å²) in [6.07, 6.45) is 3.03. The van der Waals surface area contributed by atoms with Gasteiger partial charge in [-0.1, -0.05) is 18.2 Å². The molecule has 0 unspecified atom stereocenters. The number of sulfonamides is 1. The Morgan fingerprint density at radius 3 is 2.55 bits per heavy atom. The fraction of sp³-hybridized carbons (Fsp3) is 0.389. The molecule has 2 aromatic rings. The molecule has 1 amide bonds. The fourth-order valence-corrected chi connectivity index (χ4v) is 5.35. The van der Waals surface area contributed by atoms with Crippen molar-refractivity contribution < 1.29 is 26.4 Å². The summed E-state index contributed by atoms with van der Waals surface area (Å²) < 4.78 is 62.7. The number of alkyl halides is 3. The second-order valence-electron chi connectivity index (χ2n) is 7.12. The Kier molecular flexibility index (Phi) is 5.07. The maximum atomic E-state index is 12.7. The van der Waals surface area contributed by atoms with E-state index in [0.29, 0.717) is 15.8 Å². The molecule has 6 nitrogen and oxygen atoms in total. The van der Waals surface area contributed by atoms with Gasteiger partial charge in [-0.15, -0.1) is 11.3 Å². The van der Waals surface area contributed by atoms with Gasteiger partial charge in [0.2, 0.25) is 0 Å². The first-order valence-corrected chi connectivity index (χ1v) is 11.3. The third-order valence-electron chi connectivity index (χ3n) is 5.19. The molecule has 2 aliphatic rings. The number of halogens is 3. The lowest BCUT2D eigenvalue weighted by Crippen LogP contribution is -2.42. The van der Waals surface area contributed by atoms with Gasteiger partial charge in [0.15, 0.2) is 0 Å². The number of fused-ring (bicyclic) bond motifs is 2. The van der Waals surface area contributed by atoms with Crippen molar-refractivity contribution in [2.45, 2.75) is 42.9 Å². The molecule has 156 valence electrons. The van der Waals surface area contributed by atoms with E-state index in [0.717, 1.165) is 30.6 Å². The topological polar surface area (TPSA) is 87.3 Å². The Morgan fingerprint density at radius 1 is 1.14 bits per heavy atom. The van der Waals surface area contributed by atoms with E-state index in [1.807, 2.05) is 0 Å². The van der Waals surface area contributed by atoms with Crippen molar-refractivity contribution >= 4 is 33.0 Å². The van der Waals surface area contributed by atoms with E-state index >= 15 is 0 Å². The van der Waals surface area contributed by atoms with Gasteiger partial charge < -0.3 is 10.6 Å². The molecule has 3 N–H and O–H groups in total. The van der Waals surface area contributed by atoms with Gasteiger partial charge in [0.1, 0.15) is 0 Å². The Morgan fingerprint density at radius 2 is 1.90 bits per heavy atom. The molecule has 11 heteroatoms. The highest BCUT2D eigenvalue weighted by Gasteiger charge is 2.46. The lowest BCUT2D eigenvalue weighted by molar-refractivity contribution is -0.0429. The number of carbonyl (C=O) groups excluding carboxylic acids is 1. The summed E-state index contributed by atoms with van der Waals surface area (Å²) in [4.78, 5) is 13.5. The normalized spacial score (nSPS) is 23.9. The summed E-state index contributed by atoms with van der Waals surface area (Å²) in [5.41, 5.74) is -5.35. The first-order valence-electron chi connectivity index (χ1n) is 8.99. The molecule has 2 bridgehead atoms. The molecule has 2 fully saturated rings. The second-order valence-corrected chi connectivity index (χ2v) is 9.88. The number of hydrogen-bond acceptors (Lipinski definition) is 5. The largest absolute Gasteiger partial charge is 0.516 e. The average molecular weight is 445 g/mol. The van der Waals surface area contributed by atoms with Crippen LogP contribution in [0.15, 0.2) is 36.4 Å². The number of amides is 1.